The molecule has 1 fully saturated rings. The number of piperidine rings is 1. The highest BCUT2D eigenvalue weighted by Crippen LogP contribution is 2.35. The first-order chi connectivity index (χ1) is 10.2. The smallest absolute Gasteiger partial charge is 0.262 e. The van der Waals surface area contributed by atoms with Crippen molar-refractivity contribution in [2.45, 2.75) is 45.1 Å². The van der Waals surface area contributed by atoms with Crippen molar-refractivity contribution in [2.75, 3.05) is 13.1 Å². The van der Waals surface area contributed by atoms with Crippen molar-refractivity contribution < 1.29 is 0 Å². The second-order valence-electron chi connectivity index (χ2n) is 6.47. The van der Waals surface area contributed by atoms with Gasteiger partial charge in [0, 0.05) is 10.9 Å². The molecule has 1 aliphatic carbocycles. The zero-order valence-electron chi connectivity index (χ0n) is 12.4. The molecule has 0 bridgehead atoms. The summed E-state index contributed by atoms with van der Waals surface area (Å²) in [7, 11) is 0. The minimum absolute atomic E-state index is 0.193. The van der Waals surface area contributed by atoms with Crippen molar-refractivity contribution >= 4 is 21.6 Å². The molecule has 2 aromatic heterocycles. The quantitative estimate of drug-likeness (QED) is 0.880. The number of rotatable bonds is 1. The number of hydrogen-bond acceptors (Lipinski definition) is 4. The van der Waals surface area contributed by atoms with Crippen LogP contribution in [0.15, 0.2) is 11.1 Å². The fourth-order valence-corrected chi connectivity index (χ4v) is 5.03. The zero-order valence-corrected chi connectivity index (χ0v) is 13.2. The lowest BCUT2D eigenvalue weighted by Crippen LogP contribution is -2.34. The molecule has 1 atom stereocenters. The van der Waals surface area contributed by atoms with Crippen molar-refractivity contribution in [1.82, 2.24) is 14.9 Å². The largest absolute Gasteiger partial charge is 0.317 e. The van der Waals surface area contributed by atoms with Gasteiger partial charge in [0.15, 0.2) is 0 Å². The minimum Gasteiger partial charge on any atom is -0.317 e. The molecule has 0 amide bonds. The first kappa shape index (κ1) is 13.5. The predicted octanol–water partition coefficient (Wildman–Crippen LogP) is 2.51. The van der Waals surface area contributed by atoms with Gasteiger partial charge in [-0.05, 0) is 56.7 Å². The number of aromatic nitrogens is 2. The second kappa shape index (κ2) is 5.21. The third-order valence-electron chi connectivity index (χ3n) is 4.94. The van der Waals surface area contributed by atoms with E-state index in [0.29, 0.717) is 6.04 Å². The van der Waals surface area contributed by atoms with Gasteiger partial charge in [-0.3, -0.25) is 9.36 Å². The predicted molar refractivity (Wildman–Crippen MR) is 86.2 cm³/mol. The Kier molecular flexibility index (Phi) is 3.34. The van der Waals surface area contributed by atoms with Crippen LogP contribution in [0, 0.1) is 5.92 Å². The van der Waals surface area contributed by atoms with Crippen LogP contribution in [0.25, 0.3) is 10.2 Å². The molecule has 0 spiro atoms. The fourth-order valence-electron chi connectivity index (χ4n) is 3.69. The number of hydrogen-bond donors (Lipinski definition) is 1. The molecule has 4 nitrogen and oxygen atoms in total. The topological polar surface area (TPSA) is 46.9 Å². The van der Waals surface area contributed by atoms with Gasteiger partial charge in [-0.1, -0.05) is 6.92 Å². The van der Waals surface area contributed by atoms with E-state index in [0.717, 1.165) is 54.9 Å². The first-order valence-corrected chi connectivity index (χ1v) is 8.78. The SMILES string of the molecule is C[C@@H]1CCc2c(sc3ncn(C4CCNCC4)c(=O)c23)C1. The van der Waals surface area contributed by atoms with Crippen molar-refractivity contribution in [3.05, 3.63) is 27.1 Å². The Morgan fingerprint density at radius 1 is 1.33 bits per heavy atom. The summed E-state index contributed by atoms with van der Waals surface area (Å²) >= 11 is 1.74. The fraction of sp³-hybridized carbons (Fsp3) is 0.625. The van der Waals surface area contributed by atoms with Crippen LogP contribution in [-0.2, 0) is 12.8 Å². The number of nitrogens with zero attached hydrogens (tertiary/aromatic N) is 2. The number of fused-ring (bicyclic) bond motifs is 3. The van der Waals surface area contributed by atoms with E-state index in [1.807, 2.05) is 4.57 Å². The molecule has 112 valence electrons. The minimum atomic E-state index is 0.193. The summed E-state index contributed by atoms with van der Waals surface area (Å²) in [6.45, 7) is 4.29. The third-order valence-corrected chi connectivity index (χ3v) is 6.11. The Bertz CT molecular complexity index is 727. The Balaban J connectivity index is 1.84. The zero-order chi connectivity index (χ0) is 14.4. The van der Waals surface area contributed by atoms with E-state index in [-0.39, 0.29) is 5.56 Å². The maximum absolute atomic E-state index is 13.0. The average Bonchev–Trinajstić information content (AvgIpc) is 2.86. The highest BCUT2D eigenvalue weighted by atomic mass is 32.1. The van der Waals surface area contributed by atoms with Gasteiger partial charge >= 0.3 is 0 Å². The van der Waals surface area contributed by atoms with Crippen molar-refractivity contribution in [2.24, 2.45) is 5.92 Å². The number of nitrogens with one attached hydrogen (secondary N) is 1. The highest BCUT2D eigenvalue weighted by Gasteiger charge is 2.24. The van der Waals surface area contributed by atoms with Crippen LogP contribution in [0.4, 0.5) is 0 Å². The van der Waals surface area contributed by atoms with Gasteiger partial charge in [-0.15, -0.1) is 11.3 Å². The molecule has 1 N–H and O–H groups in total. The van der Waals surface area contributed by atoms with E-state index in [1.54, 1.807) is 17.7 Å². The Hall–Kier alpha value is -1.20. The summed E-state index contributed by atoms with van der Waals surface area (Å²) < 4.78 is 1.90. The van der Waals surface area contributed by atoms with E-state index in [4.69, 9.17) is 0 Å². The van der Waals surface area contributed by atoms with Crippen LogP contribution in [0.3, 0.4) is 0 Å². The molecule has 0 radical (unpaired) electrons. The van der Waals surface area contributed by atoms with Gasteiger partial charge < -0.3 is 5.32 Å². The molecule has 5 heteroatoms. The maximum Gasteiger partial charge on any atom is 0.262 e. The van der Waals surface area contributed by atoms with Gasteiger partial charge in [0.05, 0.1) is 11.7 Å². The van der Waals surface area contributed by atoms with Crippen molar-refractivity contribution in [3.63, 3.8) is 0 Å². The van der Waals surface area contributed by atoms with E-state index in [9.17, 15) is 4.79 Å². The van der Waals surface area contributed by atoms with Crippen LogP contribution >= 0.6 is 11.3 Å². The molecule has 21 heavy (non-hydrogen) atoms. The van der Waals surface area contributed by atoms with E-state index in [2.05, 4.69) is 17.2 Å². The summed E-state index contributed by atoms with van der Waals surface area (Å²) in [5.74, 6) is 0.734. The highest BCUT2D eigenvalue weighted by molar-refractivity contribution is 7.18. The van der Waals surface area contributed by atoms with Crippen LogP contribution in [0.5, 0.6) is 0 Å². The van der Waals surface area contributed by atoms with Gasteiger partial charge in [0.25, 0.3) is 5.56 Å². The molecular weight excluding hydrogens is 282 g/mol. The van der Waals surface area contributed by atoms with Gasteiger partial charge in [0.1, 0.15) is 4.83 Å². The third kappa shape index (κ3) is 2.23. The molecule has 4 rings (SSSR count). The molecular formula is C16H21N3OS. The molecule has 3 heterocycles. The van der Waals surface area contributed by atoms with E-state index in [1.165, 1.54) is 16.9 Å². The lowest BCUT2D eigenvalue weighted by molar-refractivity contribution is 0.359. The van der Waals surface area contributed by atoms with E-state index >= 15 is 0 Å². The number of thiophene rings is 1. The van der Waals surface area contributed by atoms with E-state index < -0.39 is 0 Å². The summed E-state index contributed by atoms with van der Waals surface area (Å²) in [6, 6.07) is 0.314. The standard InChI is InChI=1S/C16H21N3OS/c1-10-2-3-12-13(8-10)21-15-14(12)16(20)19(9-18-15)11-4-6-17-7-5-11/h9-11,17H,2-8H2,1H3/t10-/m1/s1. The molecule has 2 aliphatic rings. The van der Waals surface area contributed by atoms with Crippen LogP contribution in [0.2, 0.25) is 0 Å². The molecule has 0 unspecified atom stereocenters. The Morgan fingerprint density at radius 2 is 2.14 bits per heavy atom. The molecule has 1 saturated heterocycles. The molecule has 1 aliphatic heterocycles. The lowest BCUT2D eigenvalue weighted by atomic mass is 9.89. The number of aryl methyl sites for hydroxylation is 1. The van der Waals surface area contributed by atoms with Gasteiger partial charge in [-0.25, -0.2) is 4.98 Å². The average molecular weight is 303 g/mol. The van der Waals surface area contributed by atoms with Crippen LogP contribution in [-0.4, -0.2) is 22.6 Å². The summed E-state index contributed by atoms with van der Waals surface area (Å²) in [4.78, 5) is 19.9. The molecule has 2 aromatic rings. The monoisotopic (exact) mass is 303 g/mol. The summed E-state index contributed by atoms with van der Waals surface area (Å²) in [6.07, 6.45) is 7.19. The lowest BCUT2D eigenvalue weighted by Gasteiger charge is -2.24. The summed E-state index contributed by atoms with van der Waals surface area (Å²) in [5, 5.41) is 4.28. The molecule has 0 aromatic carbocycles. The first-order valence-electron chi connectivity index (χ1n) is 7.96. The Morgan fingerprint density at radius 3 is 2.95 bits per heavy atom. The van der Waals surface area contributed by atoms with Crippen LogP contribution in [0.1, 0.15) is 42.7 Å². The van der Waals surface area contributed by atoms with Gasteiger partial charge in [-0.2, -0.15) is 0 Å². The van der Waals surface area contributed by atoms with Crippen molar-refractivity contribution in [3.8, 4) is 0 Å². The van der Waals surface area contributed by atoms with Gasteiger partial charge in [0.2, 0.25) is 0 Å². The maximum atomic E-state index is 13.0. The second-order valence-corrected chi connectivity index (χ2v) is 7.55. The molecule has 0 saturated carbocycles. The summed E-state index contributed by atoms with van der Waals surface area (Å²) in [5.41, 5.74) is 1.49. The Labute approximate surface area is 128 Å². The van der Waals surface area contributed by atoms with Crippen molar-refractivity contribution in [1.29, 1.82) is 0 Å². The normalized spacial score (nSPS) is 23.4. The van der Waals surface area contributed by atoms with Crippen LogP contribution < -0.4 is 10.9 Å².